The van der Waals surface area contributed by atoms with Crippen molar-refractivity contribution in [3.05, 3.63) is 33.3 Å². The van der Waals surface area contributed by atoms with Gasteiger partial charge in [-0.2, -0.15) is 5.26 Å². The van der Waals surface area contributed by atoms with Gasteiger partial charge in [-0.3, -0.25) is 0 Å². The van der Waals surface area contributed by atoms with Crippen molar-refractivity contribution >= 4 is 39.1 Å². The number of rotatable bonds is 1. The van der Waals surface area contributed by atoms with Crippen molar-refractivity contribution in [1.29, 1.82) is 5.26 Å². The van der Waals surface area contributed by atoms with Crippen LogP contribution in [-0.4, -0.2) is 0 Å². The van der Waals surface area contributed by atoms with Crippen LogP contribution in [0.25, 0.3) is 0 Å². The molecule has 0 saturated carbocycles. The molecule has 1 aromatic carbocycles. The maximum atomic E-state index is 8.64. The van der Waals surface area contributed by atoms with Gasteiger partial charge in [0.2, 0.25) is 0 Å². The van der Waals surface area contributed by atoms with Gasteiger partial charge in [-0.25, -0.2) is 0 Å². The molecule has 1 rings (SSSR count). The molecule has 0 aliphatic rings. The fraction of sp³-hybridized carbons (Fsp3) is 0.125. The predicted octanol–water partition coefficient (Wildman–Crippen LogP) is 3.76. The third kappa shape index (κ3) is 1.92. The molecule has 4 heteroatoms. The summed E-state index contributed by atoms with van der Waals surface area (Å²) in [5.74, 6) is 0. The molecule has 0 spiro atoms. The van der Waals surface area contributed by atoms with E-state index < -0.39 is 0 Å². The van der Waals surface area contributed by atoms with Crippen LogP contribution in [0.4, 0.5) is 0 Å². The van der Waals surface area contributed by atoms with E-state index in [-0.39, 0.29) is 0 Å². The Hall–Kier alpha value is -0.230. The van der Waals surface area contributed by atoms with Crippen molar-refractivity contribution in [3.63, 3.8) is 0 Å². The summed E-state index contributed by atoms with van der Waals surface area (Å²) in [6.45, 7) is 0. The Labute approximate surface area is 89.0 Å². The topological polar surface area (TPSA) is 23.8 Å². The lowest BCUT2D eigenvalue weighted by Crippen LogP contribution is -1.84. The smallest absolute Gasteiger partial charge is 0.101 e. The Balaban J connectivity index is 3.30. The van der Waals surface area contributed by atoms with E-state index in [9.17, 15) is 0 Å². The van der Waals surface area contributed by atoms with E-state index in [1.807, 2.05) is 6.07 Å². The molecule has 0 amide bonds. The fourth-order valence-corrected chi connectivity index (χ4v) is 1.90. The summed E-state index contributed by atoms with van der Waals surface area (Å²) in [7, 11) is 0. The van der Waals surface area contributed by atoms with Crippen LogP contribution < -0.4 is 0 Å². The molecule has 0 radical (unpaired) electrons. The highest BCUT2D eigenvalue weighted by molar-refractivity contribution is 9.08. The van der Waals surface area contributed by atoms with Gasteiger partial charge in [-0.05, 0) is 17.7 Å². The standard InChI is InChI=1S/C8H4BrCl2N/c9-3-5-1-6(4-12)8(11)2-7(5)10/h1-2H,3H2. The van der Waals surface area contributed by atoms with Gasteiger partial charge < -0.3 is 0 Å². The van der Waals surface area contributed by atoms with Crippen molar-refractivity contribution in [2.75, 3.05) is 0 Å². The highest BCUT2D eigenvalue weighted by atomic mass is 79.9. The molecular formula is C8H4BrCl2N. The Morgan fingerprint density at radius 3 is 2.50 bits per heavy atom. The molecule has 0 saturated heterocycles. The van der Waals surface area contributed by atoms with Gasteiger partial charge in [0.15, 0.2) is 0 Å². The summed E-state index contributed by atoms with van der Waals surface area (Å²) in [6, 6.07) is 5.25. The second kappa shape index (κ2) is 4.13. The maximum Gasteiger partial charge on any atom is 0.101 e. The van der Waals surface area contributed by atoms with Gasteiger partial charge in [-0.1, -0.05) is 39.1 Å². The lowest BCUT2D eigenvalue weighted by atomic mass is 10.1. The number of hydrogen-bond donors (Lipinski definition) is 0. The minimum Gasteiger partial charge on any atom is -0.192 e. The Bertz CT molecular complexity index is 344. The second-order valence-corrected chi connectivity index (χ2v) is 3.54. The summed E-state index contributed by atoms with van der Waals surface area (Å²) in [5, 5.41) is 10.2. The first-order chi connectivity index (χ1) is 5.69. The van der Waals surface area contributed by atoms with Gasteiger partial charge in [0.1, 0.15) is 6.07 Å². The molecule has 0 fully saturated rings. The quantitative estimate of drug-likeness (QED) is 0.709. The summed E-state index contributed by atoms with van der Waals surface area (Å²) in [5.41, 5.74) is 1.33. The minimum absolute atomic E-state index is 0.396. The normalized spacial score (nSPS) is 9.50. The molecule has 0 heterocycles. The first kappa shape index (κ1) is 9.85. The van der Waals surface area contributed by atoms with Crippen LogP contribution in [0.1, 0.15) is 11.1 Å². The number of hydrogen-bond acceptors (Lipinski definition) is 1. The first-order valence-electron chi connectivity index (χ1n) is 3.13. The van der Waals surface area contributed by atoms with Gasteiger partial charge in [0, 0.05) is 10.4 Å². The average Bonchev–Trinajstić information content (AvgIpc) is 2.05. The fourth-order valence-electron chi connectivity index (χ4n) is 0.782. The van der Waals surface area contributed by atoms with Gasteiger partial charge in [0.05, 0.1) is 10.6 Å². The molecule has 12 heavy (non-hydrogen) atoms. The Kier molecular flexibility index (Phi) is 3.39. The highest BCUT2D eigenvalue weighted by Gasteiger charge is 2.05. The van der Waals surface area contributed by atoms with Crippen LogP contribution in [-0.2, 0) is 5.33 Å². The second-order valence-electron chi connectivity index (χ2n) is 2.17. The molecule has 62 valence electrons. The monoisotopic (exact) mass is 263 g/mol. The molecule has 0 N–H and O–H groups in total. The molecule has 1 aromatic rings. The molecule has 0 atom stereocenters. The summed E-state index contributed by atoms with van der Waals surface area (Å²) >= 11 is 14.8. The van der Waals surface area contributed by atoms with E-state index in [1.165, 1.54) is 0 Å². The highest BCUT2D eigenvalue weighted by Crippen LogP contribution is 2.26. The molecule has 0 aliphatic heterocycles. The van der Waals surface area contributed by atoms with E-state index in [1.54, 1.807) is 12.1 Å². The van der Waals surface area contributed by atoms with Crippen molar-refractivity contribution < 1.29 is 0 Å². The molecule has 0 aromatic heterocycles. The molecular weight excluding hydrogens is 261 g/mol. The van der Waals surface area contributed by atoms with E-state index in [0.29, 0.717) is 20.9 Å². The minimum atomic E-state index is 0.396. The van der Waals surface area contributed by atoms with Crippen molar-refractivity contribution in [2.24, 2.45) is 0 Å². The van der Waals surface area contributed by atoms with Crippen LogP contribution in [0.2, 0.25) is 10.0 Å². The van der Waals surface area contributed by atoms with Crippen LogP contribution in [0, 0.1) is 11.3 Å². The van der Waals surface area contributed by atoms with E-state index in [4.69, 9.17) is 28.5 Å². The first-order valence-corrected chi connectivity index (χ1v) is 5.00. The molecule has 1 nitrogen and oxygen atoms in total. The summed E-state index contributed by atoms with van der Waals surface area (Å²) < 4.78 is 0. The maximum absolute atomic E-state index is 8.64. The zero-order valence-electron chi connectivity index (χ0n) is 5.94. The lowest BCUT2D eigenvalue weighted by molar-refractivity contribution is 1.40. The molecule has 0 aliphatic carbocycles. The third-order valence-electron chi connectivity index (χ3n) is 1.40. The number of nitriles is 1. The average molecular weight is 265 g/mol. The van der Waals surface area contributed by atoms with E-state index in [0.717, 1.165) is 5.56 Å². The largest absolute Gasteiger partial charge is 0.192 e. The van der Waals surface area contributed by atoms with E-state index >= 15 is 0 Å². The summed E-state index contributed by atoms with van der Waals surface area (Å²) in [4.78, 5) is 0. The third-order valence-corrected chi connectivity index (χ3v) is 2.67. The van der Waals surface area contributed by atoms with Gasteiger partial charge in [0.25, 0.3) is 0 Å². The lowest BCUT2D eigenvalue weighted by Gasteiger charge is -2.01. The summed E-state index contributed by atoms with van der Waals surface area (Å²) in [6.07, 6.45) is 0. The van der Waals surface area contributed by atoms with Crippen molar-refractivity contribution in [3.8, 4) is 6.07 Å². The Morgan fingerprint density at radius 2 is 2.00 bits per heavy atom. The SMILES string of the molecule is N#Cc1cc(CBr)c(Cl)cc1Cl. The van der Waals surface area contributed by atoms with Crippen molar-refractivity contribution in [1.82, 2.24) is 0 Å². The zero-order chi connectivity index (χ0) is 9.14. The van der Waals surface area contributed by atoms with E-state index in [2.05, 4.69) is 15.9 Å². The number of benzene rings is 1. The number of halogens is 3. The van der Waals surface area contributed by atoms with Crippen molar-refractivity contribution in [2.45, 2.75) is 5.33 Å². The van der Waals surface area contributed by atoms with Crippen LogP contribution in [0.15, 0.2) is 12.1 Å². The molecule has 0 unspecified atom stereocenters. The molecule has 0 bridgehead atoms. The van der Waals surface area contributed by atoms with Gasteiger partial charge in [-0.15, -0.1) is 0 Å². The predicted molar refractivity (Wildman–Crippen MR) is 53.8 cm³/mol. The van der Waals surface area contributed by atoms with Crippen LogP contribution in [0.5, 0.6) is 0 Å². The van der Waals surface area contributed by atoms with Gasteiger partial charge >= 0.3 is 0 Å². The number of alkyl halides is 1. The zero-order valence-corrected chi connectivity index (χ0v) is 9.04. The Morgan fingerprint density at radius 1 is 1.33 bits per heavy atom. The van der Waals surface area contributed by atoms with Crippen LogP contribution >= 0.6 is 39.1 Å². The van der Waals surface area contributed by atoms with Crippen LogP contribution in [0.3, 0.4) is 0 Å². The number of nitrogens with zero attached hydrogens (tertiary/aromatic N) is 1.